The maximum Gasteiger partial charge on any atom is 0.209 e. The van der Waals surface area contributed by atoms with Crippen molar-refractivity contribution in [3.8, 4) is 0 Å². The van der Waals surface area contributed by atoms with Crippen LogP contribution in [-0.2, 0) is 5.41 Å². The summed E-state index contributed by atoms with van der Waals surface area (Å²) in [5, 5.41) is 0. The summed E-state index contributed by atoms with van der Waals surface area (Å²) in [6.07, 6.45) is 1.17. The van der Waals surface area contributed by atoms with Crippen LogP contribution in [0.5, 0.6) is 0 Å². The van der Waals surface area contributed by atoms with Gasteiger partial charge in [-0.3, -0.25) is 0 Å². The molecule has 1 nitrogen and oxygen atoms in total. The molecule has 1 aromatic rings. The minimum absolute atomic E-state index is 0.223. The molecule has 0 spiro atoms. The zero-order valence-electron chi connectivity index (χ0n) is 11.0. The van der Waals surface area contributed by atoms with E-state index in [4.69, 9.17) is 0 Å². The average molecular weight is 216 g/mol. The molecule has 0 saturated heterocycles. The van der Waals surface area contributed by atoms with Gasteiger partial charge in [-0.1, -0.05) is 25.1 Å². The Morgan fingerprint density at radius 2 is 1.88 bits per heavy atom. The fourth-order valence-electron chi connectivity index (χ4n) is 2.90. The zero-order valence-corrected chi connectivity index (χ0v) is 11.0. The number of rotatable bonds is 2. The summed E-state index contributed by atoms with van der Waals surface area (Å²) in [7, 11) is 0. The maximum absolute atomic E-state index is 2.48. The first-order valence-electron chi connectivity index (χ1n) is 6.25. The molecule has 1 aliphatic heterocycles. The van der Waals surface area contributed by atoms with Gasteiger partial charge in [-0.15, -0.1) is 0 Å². The van der Waals surface area contributed by atoms with Crippen LogP contribution in [-0.4, -0.2) is 16.3 Å². The second kappa shape index (κ2) is 3.73. The quantitative estimate of drug-likeness (QED) is 0.660. The minimum Gasteiger partial charge on any atom is -0.197 e. The van der Waals surface area contributed by atoms with E-state index < -0.39 is 0 Å². The number of benzene rings is 1. The van der Waals surface area contributed by atoms with E-state index in [9.17, 15) is 0 Å². The van der Waals surface area contributed by atoms with Gasteiger partial charge in [-0.25, -0.2) is 0 Å². The van der Waals surface area contributed by atoms with E-state index in [1.807, 2.05) is 0 Å². The van der Waals surface area contributed by atoms with E-state index in [2.05, 4.69) is 63.5 Å². The first-order valence-corrected chi connectivity index (χ1v) is 6.25. The van der Waals surface area contributed by atoms with Gasteiger partial charge in [0.1, 0.15) is 0 Å². The van der Waals surface area contributed by atoms with Gasteiger partial charge >= 0.3 is 0 Å². The fraction of sp³-hybridized carbons (Fsp3) is 0.533. The lowest BCUT2D eigenvalue weighted by molar-refractivity contribution is -0.474. The van der Waals surface area contributed by atoms with E-state index in [1.165, 1.54) is 23.4 Å². The molecule has 0 radical (unpaired) electrons. The van der Waals surface area contributed by atoms with E-state index >= 15 is 0 Å². The van der Waals surface area contributed by atoms with Crippen LogP contribution in [0.4, 0.5) is 5.69 Å². The first kappa shape index (κ1) is 11.4. The Labute approximate surface area is 98.8 Å². The highest BCUT2D eigenvalue weighted by Crippen LogP contribution is 2.42. The summed E-state index contributed by atoms with van der Waals surface area (Å²) < 4.78 is 2.48. The molecule has 1 aromatic carbocycles. The molecule has 1 heteroatoms. The number of para-hydroxylation sites is 1. The van der Waals surface area contributed by atoms with Gasteiger partial charge in [0, 0.05) is 18.6 Å². The molecule has 0 amide bonds. The zero-order chi connectivity index (χ0) is 11.9. The Kier molecular flexibility index (Phi) is 2.65. The van der Waals surface area contributed by atoms with Crippen molar-refractivity contribution in [1.82, 2.24) is 0 Å². The minimum atomic E-state index is 0.223. The summed E-state index contributed by atoms with van der Waals surface area (Å²) in [6.45, 7) is 11.5. The van der Waals surface area contributed by atoms with Crippen LogP contribution in [0, 0.1) is 0 Å². The summed E-state index contributed by atoms with van der Waals surface area (Å²) >= 11 is 0. The molecule has 0 bridgehead atoms. The number of fused-ring (bicyclic) bond motifs is 1. The van der Waals surface area contributed by atoms with Crippen molar-refractivity contribution in [2.75, 3.05) is 0 Å². The Hall–Kier alpha value is -1.11. The number of hydrogen-bond donors (Lipinski definition) is 0. The van der Waals surface area contributed by atoms with Crippen molar-refractivity contribution in [2.24, 2.45) is 0 Å². The van der Waals surface area contributed by atoms with Gasteiger partial charge in [-0.05, 0) is 27.2 Å². The van der Waals surface area contributed by atoms with Crippen molar-refractivity contribution in [3.05, 3.63) is 29.8 Å². The highest BCUT2D eigenvalue weighted by atomic mass is 15.1. The third-order valence-electron chi connectivity index (χ3n) is 4.14. The molecule has 1 unspecified atom stereocenters. The topological polar surface area (TPSA) is 3.01 Å². The third kappa shape index (κ3) is 1.34. The smallest absolute Gasteiger partial charge is 0.197 e. The van der Waals surface area contributed by atoms with E-state index in [-0.39, 0.29) is 5.41 Å². The van der Waals surface area contributed by atoms with Crippen LogP contribution in [0.15, 0.2) is 24.3 Å². The molecular formula is C15H22N+. The highest BCUT2D eigenvalue weighted by molar-refractivity contribution is 5.93. The van der Waals surface area contributed by atoms with Crippen LogP contribution in [0.25, 0.3) is 0 Å². The molecule has 0 saturated carbocycles. The molecular weight excluding hydrogens is 194 g/mol. The number of hydrogen-bond acceptors (Lipinski definition) is 0. The first-order chi connectivity index (χ1) is 7.52. The maximum atomic E-state index is 2.48. The van der Waals surface area contributed by atoms with Gasteiger partial charge in [0.05, 0.1) is 5.41 Å². The third-order valence-corrected chi connectivity index (χ3v) is 4.14. The van der Waals surface area contributed by atoms with Crippen molar-refractivity contribution >= 4 is 11.4 Å². The van der Waals surface area contributed by atoms with E-state index in [0.29, 0.717) is 6.04 Å². The average Bonchev–Trinajstić information content (AvgIpc) is 2.50. The van der Waals surface area contributed by atoms with Gasteiger partial charge in [-0.2, -0.15) is 4.58 Å². The number of nitrogens with zero attached hydrogens (tertiary/aromatic N) is 1. The lowest BCUT2D eigenvalue weighted by atomic mass is 9.78. The van der Waals surface area contributed by atoms with Gasteiger partial charge in [0.25, 0.3) is 0 Å². The van der Waals surface area contributed by atoms with Crippen LogP contribution in [0.3, 0.4) is 0 Å². The Balaban J connectivity index is 2.70. The van der Waals surface area contributed by atoms with Crippen molar-refractivity contribution in [1.29, 1.82) is 0 Å². The standard InChI is InChI=1S/C15H22N/c1-6-15(5)12(4)16(11(2)3)14-10-8-7-9-13(14)15/h7-11H,6H2,1-5H3/q+1. The van der Waals surface area contributed by atoms with Crippen LogP contribution in [0.2, 0.25) is 0 Å². The van der Waals surface area contributed by atoms with E-state index in [1.54, 1.807) is 0 Å². The Morgan fingerprint density at radius 3 is 2.44 bits per heavy atom. The largest absolute Gasteiger partial charge is 0.209 e. The molecule has 0 fully saturated rings. The Morgan fingerprint density at radius 1 is 1.25 bits per heavy atom. The second-order valence-corrected chi connectivity index (χ2v) is 5.25. The van der Waals surface area contributed by atoms with Crippen molar-refractivity contribution in [2.45, 2.75) is 52.5 Å². The molecule has 1 aliphatic rings. The molecule has 2 rings (SSSR count). The highest BCUT2D eigenvalue weighted by Gasteiger charge is 2.45. The van der Waals surface area contributed by atoms with E-state index in [0.717, 1.165) is 0 Å². The van der Waals surface area contributed by atoms with Crippen LogP contribution in [0.1, 0.15) is 46.6 Å². The molecule has 86 valence electrons. The molecule has 1 heterocycles. The Bertz CT molecular complexity index is 443. The fourth-order valence-corrected chi connectivity index (χ4v) is 2.90. The summed E-state index contributed by atoms with van der Waals surface area (Å²) in [4.78, 5) is 0. The van der Waals surface area contributed by atoms with Gasteiger partial charge < -0.3 is 0 Å². The predicted octanol–water partition coefficient (Wildman–Crippen LogP) is 3.88. The van der Waals surface area contributed by atoms with Crippen molar-refractivity contribution < 1.29 is 4.58 Å². The van der Waals surface area contributed by atoms with Crippen molar-refractivity contribution in [3.63, 3.8) is 0 Å². The van der Waals surface area contributed by atoms with Crippen LogP contribution >= 0.6 is 0 Å². The monoisotopic (exact) mass is 216 g/mol. The molecule has 0 aromatic heterocycles. The molecule has 0 N–H and O–H groups in total. The summed E-state index contributed by atoms with van der Waals surface area (Å²) in [5.74, 6) is 0. The SMILES string of the molecule is CCC1(C)C(C)=[N+](C(C)C)c2ccccc21. The normalized spacial score (nSPS) is 24.1. The molecule has 1 atom stereocenters. The van der Waals surface area contributed by atoms with Gasteiger partial charge in [0.15, 0.2) is 11.8 Å². The second-order valence-electron chi connectivity index (χ2n) is 5.25. The van der Waals surface area contributed by atoms with Crippen LogP contribution < -0.4 is 0 Å². The predicted molar refractivity (Wildman–Crippen MR) is 69.8 cm³/mol. The summed E-state index contributed by atoms with van der Waals surface area (Å²) in [5.41, 5.74) is 4.61. The molecule has 0 aliphatic carbocycles. The lowest BCUT2D eigenvalue weighted by Crippen LogP contribution is -2.31. The summed E-state index contributed by atoms with van der Waals surface area (Å²) in [6, 6.07) is 9.37. The molecule has 16 heavy (non-hydrogen) atoms. The van der Waals surface area contributed by atoms with Gasteiger partial charge in [0.2, 0.25) is 5.69 Å². The lowest BCUT2D eigenvalue weighted by Gasteiger charge is -2.19.